The van der Waals surface area contributed by atoms with Crippen LogP contribution in [0, 0.1) is 5.41 Å². The first-order valence-electron chi connectivity index (χ1n) is 6.18. The summed E-state index contributed by atoms with van der Waals surface area (Å²) in [5.74, 6) is 0.0209. The van der Waals surface area contributed by atoms with E-state index >= 15 is 0 Å². The molecule has 1 aromatic carbocycles. The number of nitrogens with one attached hydrogen (secondary N) is 1. The van der Waals surface area contributed by atoms with E-state index in [0.29, 0.717) is 5.41 Å². The highest BCUT2D eigenvalue weighted by molar-refractivity contribution is 9.09. The molecule has 0 unspecified atom stereocenters. The van der Waals surface area contributed by atoms with Gasteiger partial charge in [-0.15, -0.1) is 0 Å². The van der Waals surface area contributed by atoms with Gasteiger partial charge in [0.05, 0.1) is 0 Å². The summed E-state index contributed by atoms with van der Waals surface area (Å²) in [5, 5.41) is 3.99. The first-order valence-corrected chi connectivity index (χ1v) is 7.30. The Hall–Kier alpha value is -1.03. The number of benzene rings is 1. The van der Waals surface area contributed by atoms with Crippen LogP contribution in [-0.2, 0) is 0 Å². The van der Waals surface area contributed by atoms with E-state index in [0.717, 1.165) is 23.1 Å². The molecular formula is C14H19BrN2O. The van der Waals surface area contributed by atoms with Crippen molar-refractivity contribution in [2.75, 3.05) is 30.9 Å². The number of amides is 1. The van der Waals surface area contributed by atoms with Gasteiger partial charge in [0.15, 0.2) is 0 Å². The fraction of sp³-hybridized carbons (Fsp3) is 0.500. The number of anilines is 1. The summed E-state index contributed by atoms with van der Waals surface area (Å²) in [6, 6.07) is 7.68. The molecule has 1 saturated carbocycles. The van der Waals surface area contributed by atoms with Crippen LogP contribution < -0.4 is 10.2 Å². The van der Waals surface area contributed by atoms with Crippen LogP contribution in [-0.4, -0.2) is 31.9 Å². The summed E-state index contributed by atoms with van der Waals surface area (Å²) < 4.78 is 0. The number of nitrogens with zero attached hydrogens (tertiary/aromatic N) is 1. The predicted octanol–water partition coefficient (Wildman–Crippen LogP) is 2.66. The molecule has 2 rings (SSSR count). The van der Waals surface area contributed by atoms with E-state index in [1.54, 1.807) is 0 Å². The van der Waals surface area contributed by atoms with Crippen LogP contribution in [0.5, 0.6) is 0 Å². The van der Waals surface area contributed by atoms with Gasteiger partial charge in [0.2, 0.25) is 0 Å². The molecule has 1 N–H and O–H groups in total. The van der Waals surface area contributed by atoms with Crippen molar-refractivity contribution in [1.82, 2.24) is 5.32 Å². The SMILES string of the molecule is CN(C)c1ccc(C(=O)NCC2(CBr)CC2)cc1. The van der Waals surface area contributed by atoms with Crippen molar-refractivity contribution in [1.29, 1.82) is 0 Å². The molecule has 4 heteroatoms. The summed E-state index contributed by atoms with van der Waals surface area (Å²) in [4.78, 5) is 14.0. The van der Waals surface area contributed by atoms with E-state index in [4.69, 9.17) is 0 Å². The zero-order chi connectivity index (χ0) is 13.2. The van der Waals surface area contributed by atoms with Crippen molar-refractivity contribution in [3.05, 3.63) is 29.8 Å². The molecule has 0 atom stereocenters. The van der Waals surface area contributed by atoms with Crippen molar-refractivity contribution >= 4 is 27.5 Å². The zero-order valence-corrected chi connectivity index (χ0v) is 12.5. The highest BCUT2D eigenvalue weighted by atomic mass is 79.9. The Morgan fingerprint density at radius 2 is 1.94 bits per heavy atom. The minimum Gasteiger partial charge on any atom is -0.378 e. The van der Waals surface area contributed by atoms with Gasteiger partial charge in [-0.2, -0.15) is 0 Å². The van der Waals surface area contributed by atoms with E-state index < -0.39 is 0 Å². The zero-order valence-electron chi connectivity index (χ0n) is 10.9. The van der Waals surface area contributed by atoms with Crippen molar-refractivity contribution in [3.8, 4) is 0 Å². The number of rotatable bonds is 5. The lowest BCUT2D eigenvalue weighted by atomic mass is 10.1. The average molecular weight is 311 g/mol. The van der Waals surface area contributed by atoms with Crippen molar-refractivity contribution < 1.29 is 4.79 Å². The molecule has 3 nitrogen and oxygen atoms in total. The molecule has 1 fully saturated rings. The third-order valence-corrected chi connectivity index (χ3v) is 4.70. The van der Waals surface area contributed by atoms with Gasteiger partial charge in [0, 0.05) is 37.2 Å². The highest BCUT2D eigenvalue weighted by Gasteiger charge is 2.41. The molecule has 0 heterocycles. The van der Waals surface area contributed by atoms with Crippen molar-refractivity contribution in [2.45, 2.75) is 12.8 Å². The first kappa shape index (κ1) is 13.4. The van der Waals surface area contributed by atoms with E-state index in [-0.39, 0.29) is 5.91 Å². The predicted molar refractivity (Wildman–Crippen MR) is 78.6 cm³/mol. The first-order chi connectivity index (χ1) is 8.56. The molecule has 0 spiro atoms. The second-order valence-corrected chi connectivity index (χ2v) is 5.82. The number of hydrogen-bond donors (Lipinski definition) is 1. The Labute approximate surface area is 117 Å². The maximum Gasteiger partial charge on any atom is 0.251 e. The van der Waals surface area contributed by atoms with Crippen LogP contribution in [0.4, 0.5) is 5.69 Å². The normalized spacial score (nSPS) is 16.2. The smallest absolute Gasteiger partial charge is 0.251 e. The summed E-state index contributed by atoms with van der Waals surface area (Å²) in [7, 11) is 3.98. The van der Waals surface area contributed by atoms with Gasteiger partial charge in [0.1, 0.15) is 0 Å². The molecule has 18 heavy (non-hydrogen) atoms. The van der Waals surface area contributed by atoms with Gasteiger partial charge in [-0.3, -0.25) is 4.79 Å². The van der Waals surface area contributed by atoms with Gasteiger partial charge in [-0.1, -0.05) is 15.9 Å². The van der Waals surface area contributed by atoms with Crippen LogP contribution >= 0.6 is 15.9 Å². The number of carbonyl (C=O) groups excluding carboxylic acids is 1. The molecule has 1 aliphatic carbocycles. The van der Waals surface area contributed by atoms with Gasteiger partial charge < -0.3 is 10.2 Å². The van der Waals surface area contributed by atoms with Crippen LogP contribution in [0.1, 0.15) is 23.2 Å². The maximum absolute atomic E-state index is 12.0. The lowest BCUT2D eigenvalue weighted by Crippen LogP contribution is -2.30. The van der Waals surface area contributed by atoms with Crippen LogP contribution in [0.15, 0.2) is 24.3 Å². The monoisotopic (exact) mass is 310 g/mol. The Balaban J connectivity index is 1.92. The average Bonchev–Trinajstić information content (AvgIpc) is 3.17. The van der Waals surface area contributed by atoms with Crippen LogP contribution in [0.3, 0.4) is 0 Å². The molecule has 1 aliphatic rings. The standard InChI is InChI=1S/C14H19BrN2O/c1-17(2)12-5-3-11(4-6-12)13(18)16-10-14(9-15)7-8-14/h3-6H,7-10H2,1-2H3,(H,16,18). The van der Waals surface area contributed by atoms with Crippen molar-refractivity contribution in [2.24, 2.45) is 5.41 Å². The fourth-order valence-electron chi connectivity index (χ4n) is 1.82. The summed E-state index contributed by atoms with van der Waals surface area (Å²) in [6.45, 7) is 0.770. The topological polar surface area (TPSA) is 32.3 Å². The van der Waals surface area contributed by atoms with E-state index in [1.165, 1.54) is 12.8 Å². The second-order valence-electron chi connectivity index (χ2n) is 5.26. The molecule has 0 radical (unpaired) electrons. The summed E-state index contributed by atoms with van der Waals surface area (Å²) in [5.41, 5.74) is 2.15. The highest BCUT2D eigenvalue weighted by Crippen LogP contribution is 2.46. The number of hydrogen-bond acceptors (Lipinski definition) is 2. The molecule has 1 amide bonds. The summed E-state index contributed by atoms with van der Waals surface area (Å²) in [6.07, 6.45) is 2.41. The van der Waals surface area contributed by atoms with Crippen molar-refractivity contribution in [3.63, 3.8) is 0 Å². The molecule has 0 saturated heterocycles. The molecular weight excluding hydrogens is 292 g/mol. The minimum absolute atomic E-state index is 0.0209. The second kappa shape index (κ2) is 5.31. The Bertz CT molecular complexity index is 424. The summed E-state index contributed by atoms with van der Waals surface area (Å²) >= 11 is 3.51. The quantitative estimate of drug-likeness (QED) is 0.848. The van der Waals surface area contributed by atoms with Gasteiger partial charge in [-0.05, 0) is 42.5 Å². The van der Waals surface area contributed by atoms with Crippen LogP contribution in [0.2, 0.25) is 0 Å². The van der Waals surface area contributed by atoms with E-state index in [2.05, 4.69) is 21.2 Å². The van der Waals surface area contributed by atoms with E-state index in [1.807, 2.05) is 43.3 Å². The number of halogens is 1. The third kappa shape index (κ3) is 3.05. The lowest BCUT2D eigenvalue weighted by Gasteiger charge is -2.14. The fourth-order valence-corrected chi connectivity index (χ4v) is 2.57. The van der Waals surface area contributed by atoms with Crippen LogP contribution in [0.25, 0.3) is 0 Å². The molecule has 98 valence electrons. The number of alkyl halides is 1. The van der Waals surface area contributed by atoms with Gasteiger partial charge in [0.25, 0.3) is 5.91 Å². The number of carbonyl (C=O) groups is 1. The lowest BCUT2D eigenvalue weighted by molar-refractivity contribution is 0.0946. The minimum atomic E-state index is 0.0209. The molecule has 0 aromatic heterocycles. The Morgan fingerprint density at radius 1 is 1.33 bits per heavy atom. The Kier molecular flexibility index (Phi) is 3.95. The van der Waals surface area contributed by atoms with E-state index in [9.17, 15) is 4.79 Å². The molecule has 0 bridgehead atoms. The van der Waals surface area contributed by atoms with Gasteiger partial charge in [-0.25, -0.2) is 0 Å². The molecule has 1 aromatic rings. The van der Waals surface area contributed by atoms with Gasteiger partial charge >= 0.3 is 0 Å². The molecule has 0 aliphatic heterocycles. The maximum atomic E-state index is 12.0. The largest absolute Gasteiger partial charge is 0.378 e. The third-order valence-electron chi connectivity index (χ3n) is 3.51. The Morgan fingerprint density at radius 3 is 2.39 bits per heavy atom.